The average molecular weight is 240 g/mol. The van der Waals surface area contributed by atoms with Crippen molar-refractivity contribution < 1.29 is 19.0 Å². The fourth-order valence-corrected chi connectivity index (χ4v) is 1.70. The summed E-state index contributed by atoms with van der Waals surface area (Å²) in [6.45, 7) is 0.0815. The molecule has 1 aromatic rings. The van der Waals surface area contributed by atoms with Gasteiger partial charge in [0.05, 0.1) is 18.8 Å². The standard InChI is InChI=1S/C11H13FN2O3/c12-10-3-8(2-1-7(10)4-13)14-5-9(6-15)17-11(14)16/h1-3,9,15H,4-6,13H2. The SMILES string of the molecule is NCc1ccc(N2CC(CO)OC2=O)cc1F. The van der Waals surface area contributed by atoms with Gasteiger partial charge in [-0.05, 0) is 12.1 Å². The molecule has 0 spiro atoms. The lowest BCUT2D eigenvalue weighted by molar-refractivity contribution is 0.0963. The monoisotopic (exact) mass is 240 g/mol. The zero-order valence-corrected chi connectivity index (χ0v) is 9.10. The maximum atomic E-state index is 13.5. The Morgan fingerprint density at radius 2 is 2.35 bits per heavy atom. The van der Waals surface area contributed by atoms with Crippen LogP contribution in [0, 0.1) is 5.82 Å². The third-order valence-electron chi connectivity index (χ3n) is 2.65. The maximum Gasteiger partial charge on any atom is 0.414 e. The Balaban J connectivity index is 2.23. The smallest absolute Gasteiger partial charge is 0.414 e. The summed E-state index contributed by atoms with van der Waals surface area (Å²) in [4.78, 5) is 12.7. The fraction of sp³-hybridized carbons (Fsp3) is 0.364. The molecule has 1 unspecified atom stereocenters. The maximum absolute atomic E-state index is 13.5. The molecule has 5 nitrogen and oxygen atoms in total. The Hall–Kier alpha value is -1.66. The number of nitrogens with zero attached hydrogens (tertiary/aromatic N) is 1. The van der Waals surface area contributed by atoms with E-state index in [1.165, 1.54) is 17.0 Å². The van der Waals surface area contributed by atoms with Gasteiger partial charge in [-0.1, -0.05) is 6.07 Å². The third kappa shape index (κ3) is 2.22. The van der Waals surface area contributed by atoms with Gasteiger partial charge in [-0.15, -0.1) is 0 Å². The lowest BCUT2D eigenvalue weighted by Crippen LogP contribution is -2.25. The molecule has 1 amide bonds. The lowest BCUT2D eigenvalue weighted by Gasteiger charge is -2.13. The van der Waals surface area contributed by atoms with Crippen LogP contribution < -0.4 is 10.6 Å². The minimum Gasteiger partial charge on any atom is -0.441 e. The number of cyclic esters (lactones) is 1. The number of aliphatic hydroxyl groups is 1. The molecule has 3 N–H and O–H groups in total. The van der Waals surface area contributed by atoms with Crippen molar-refractivity contribution >= 4 is 11.8 Å². The van der Waals surface area contributed by atoms with Gasteiger partial charge in [-0.25, -0.2) is 9.18 Å². The Morgan fingerprint density at radius 3 is 2.88 bits per heavy atom. The normalized spacial score (nSPS) is 19.6. The molecule has 0 saturated carbocycles. The zero-order chi connectivity index (χ0) is 12.4. The molecule has 17 heavy (non-hydrogen) atoms. The van der Waals surface area contributed by atoms with Gasteiger partial charge in [-0.3, -0.25) is 4.90 Å². The highest BCUT2D eigenvalue weighted by molar-refractivity contribution is 5.89. The zero-order valence-electron chi connectivity index (χ0n) is 9.10. The first kappa shape index (κ1) is 11.8. The van der Waals surface area contributed by atoms with Crippen LogP contribution in [-0.4, -0.2) is 30.5 Å². The molecule has 92 valence electrons. The predicted octanol–water partition coefficient (Wildman–Crippen LogP) is 0.602. The summed E-state index contributed by atoms with van der Waals surface area (Å²) in [7, 11) is 0. The van der Waals surface area contributed by atoms with E-state index in [9.17, 15) is 9.18 Å². The van der Waals surface area contributed by atoms with Crippen molar-refractivity contribution in [3.8, 4) is 0 Å². The van der Waals surface area contributed by atoms with Crippen LogP contribution in [0.3, 0.4) is 0 Å². The summed E-state index contributed by atoms with van der Waals surface area (Å²) in [5, 5.41) is 8.89. The van der Waals surface area contributed by atoms with E-state index in [4.69, 9.17) is 15.6 Å². The minimum absolute atomic E-state index is 0.107. The van der Waals surface area contributed by atoms with Crippen molar-refractivity contribution in [2.45, 2.75) is 12.6 Å². The number of ether oxygens (including phenoxy) is 1. The largest absolute Gasteiger partial charge is 0.441 e. The number of halogens is 1. The average Bonchev–Trinajstić information content (AvgIpc) is 2.70. The molecule has 1 aromatic carbocycles. The molecule has 0 radical (unpaired) electrons. The third-order valence-corrected chi connectivity index (χ3v) is 2.65. The Bertz CT molecular complexity index is 439. The van der Waals surface area contributed by atoms with Gasteiger partial charge in [0.15, 0.2) is 0 Å². The number of nitrogens with two attached hydrogens (primary N) is 1. The molecule has 6 heteroatoms. The van der Waals surface area contributed by atoms with Crippen LogP contribution in [0.15, 0.2) is 18.2 Å². The molecular weight excluding hydrogens is 227 g/mol. The summed E-state index contributed by atoms with van der Waals surface area (Å²) >= 11 is 0. The van der Waals surface area contributed by atoms with Gasteiger partial charge in [0.2, 0.25) is 0 Å². The van der Waals surface area contributed by atoms with Crippen molar-refractivity contribution in [3.05, 3.63) is 29.6 Å². The van der Waals surface area contributed by atoms with Gasteiger partial charge in [0.25, 0.3) is 0 Å². The van der Waals surface area contributed by atoms with Crippen molar-refractivity contribution in [2.75, 3.05) is 18.1 Å². The first-order valence-electron chi connectivity index (χ1n) is 5.23. The van der Waals surface area contributed by atoms with Crippen LogP contribution in [0.25, 0.3) is 0 Å². The second kappa shape index (κ2) is 4.68. The van der Waals surface area contributed by atoms with Crippen molar-refractivity contribution in [3.63, 3.8) is 0 Å². The molecule has 0 bridgehead atoms. The van der Waals surface area contributed by atoms with Crippen LogP contribution in [0.1, 0.15) is 5.56 Å². The Labute approximate surface area is 97.6 Å². The topological polar surface area (TPSA) is 75.8 Å². The van der Waals surface area contributed by atoms with E-state index in [-0.39, 0.29) is 19.7 Å². The number of anilines is 1. The van der Waals surface area contributed by atoms with E-state index in [0.29, 0.717) is 11.3 Å². The predicted molar refractivity (Wildman–Crippen MR) is 59.0 cm³/mol. The fourth-order valence-electron chi connectivity index (χ4n) is 1.70. The molecule has 0 aliphatic carbocycles. The van der Waals surface area contributed by atoms with E-state index in [2.05, 4.69) is 0 Å². The van der Waals surface area contributed by atoms with E-state index in [0.717, 1.165) is 0 Å². The van der Waals surface area contributed by atoms with E-state index < -0.39 is 18.0 Å². The molecule has 1 saturated heterocycles. The van der Waals surface area contributed by atoms with Crippen LogP contribution in [0.5, 0.6) is 0 Å². The number of hydrogen-bond acceptors (Lipinski definition) is 4. The number of carbonyl (C=O) groups excluding carboxylic acids is 1. The summed E-state index contributed by atoms with van der Waals surface area (Å²) in [5.74, 6) is -0.453. The molecule has 1 heterocycles. The summed E-state index contributed by atoms with van der Waals surface area (Å²) < 4.78 is 18.4. The number of benzene rings is 1. The lowest BCUT2D eigenvalue weighted by atomic mass is 10.2. The summed E-state index contributed by atoms with van der Waals surface area (Å²) in [5.41, 5.74) is 6.14. The van der Waals surface area contributed by atoms with E-state index in [1.54, 1.807) is 6.07 Å². The second-order valence-electron chi connectivity index (χ2n) is 3.78. The summed E-state index contributed by atoms with van der Waals surface area (Å²) in [6, 6.07) is 4.37. The molecule has 1 aliphatic heterocycles. The molecule has 2 rings (SSSR count). The van der Waals surface area contributed by atoms with Gasteiger partial charge in [-0.2, -0.15) is 0 Å². The van der Waals surface area contributed by atoms with Crippen LogP contribution in [0.2, 0.25) is 0 Å². The van der Waals surface area contributed by atoms with E-state index in [1.807, 2.05) is 0 Å². The van der Waals surface area contributed by atoms with Crippen molar-refractivity contribution in [1.29, 1.82) is 0 Å². The second-order valence-corrected chi connectivity index (χ2v) is 3.78. The molecule has 1 atom stereocenters. The molecule has 1 fully saturated rings. The van der Waals surface area contributed by atoms with Crippen molar-refractivity contribution in [1.82, 2.24) is 0 Å². The number of amides is 1. The number of rotatable bonds is 3. The number of hydrogen-bond donors (Lipinski definition) is 2. The summed E-state index contributed by atoms with van der Waals surface area (Å²) in [6.07, 6.45) is -1.14. The molecule has 1 aliphatic rings. The number of aliphatic hydroxyl groups excluding tert-OH is 1. The highest BCUT2D eigenvalue weighted by atomic mass is 19.1. The van der Waals surface area contributed by atoms with Crippen LogP contribution in [0.4, 0.5) is 14.9 Å². The first-order valence-corrected chi connectivity index (χ1v) is 5.23. The quantitative estimate of drug-likeness (QED) is 0.811. The Kier molecular flexibility index (Phi) is 3.26. The molecular formula is C11H13FN2O3. The van der Waals surface area contributed by atoms with Gasteiger partial charge in [0, 0.05) is 12.1 Å². The number of carbonyl (C=O) groups is 1. The molecule has 0 aromatic heterocycles. The Morgan fingerprint density at radius 1 is 1.59 bits per heavy atom. The highest BCUT2D eigenvalue weighted by Crippen LogP contribution is 2.23. The van der Waals surface area contributed by atoms with Crippen LogP contribution >= 0.6 is 0 Å². The van der Waals surface area contributed by atoms with Gasteiger partial charge in [0.1, 0.15) is 11.9 Å². The van der Waals surface area contributed by atoms with Crippen molar-refractivity contribution in [2.24, 2.45) is 5.73 Å². The van der Waals surface area contributed by atoms with Gasteiger partial charge >= 0.3 is 6.09 Å². The van der Waals surface area contributed by atoms with E-state index >= 15 is 0 Å². The first-order chi connectivity index (χ1) is 8.15. The van der Waals surface area contributed by atoms with Crippen LogP contribution in [-0.2, 0) is 11.3 Å². The minimum atomic E-state index is -0.580. The highest BCUT2D eigenvalue weighted by Gasteiger charge is 2.32. The van der Waals surface area contributed by atoms with Gasteiger partial charge < -0.3 is 15.6 Å².